The van der Waals surface area contributed by atoms with E-state index in [2.05, 4.69) is 31.5 Å². The fourth-order valence-electron chi connectivity index (χ4n) is 1.57. The van der Waals surface area contributed by atoms with Crippen molar-refractivity contribution in [3.8, 4) is 0 Å². The van der Waals surface area contributed by atoms with Crippen molar-refractivity contribution >= 4 is 39.3 Å². The quantitative estimate of drug-likeness (QED) is 0.721. The Morgan fingerprint density at radius 1 is 1.43 bits per heavy atom. The van der Waals surface area contributed by atoms with Crippen LogP contribution in [-0.4, -0.2) is 33.2 Å². The number of hydrogen-bond acceptors (Lipinski definition) is 4. The molecule has 0 bridgehead atoms. The summed E-state index contributed by atoms with van der Waals surface area (Å²) in [6.45, 7) is 1.29. The van der Waals surface area contributed by atoms with Gasteiger partial charge < -0.3 is 20.3 Å². The zero-order valence-corrected chi connectivity index (χ0v) is 13.3. The number of imidazole rings is 1. The zero-order chi connectivity index (χ0) is 15.2. The molecule has 2 rings (SSSR count). The molecule has 21 heavy (non-hydrogen) atoms. The molecule has 0 saturated heterocycles. The van der Waals surface area contributed by atoms with Crippen LogP contribution in [0.2, 0.25) is 0 Å². The van der Waals surface area contributed by atoms with E-state index in [1.807, 2.05) is 11.4 Å². The van der Waals surface area contributed by atoms with Crippen molar-refractivity contribution in [2.45, 2.75) is 13.1 Å². The average Bonchev–Trinajstić information content (AvgIpc) is 3.06. The van der Waals surface area contributed by atoms with Gasteiger partial charge in [-0.2, -0.15) is 0 Å². The van der Waals surface area contributed by atoms with Gasteiger partial charge in [-0.25, -0.2) is 14.6 Å². The predicted molar refractivity (Wildman–Crippen MR) is 81.4 cm³/mol. The van der Waals surface area contributed by atoms with Gasteiger partial charge in [-0.3, -0.25) is 0 Å². The molecule has 0 aliphatic carbocycles. The lowest BCUT2D eigenvalue weighted by atomic mass is 10.4. The van der Waals surface area contributed by atoms with Gasteiger partial charge in [-0.15, -0.1) is 11.3 Å². The van der Waals surface area contributed by atoms with E-state index >= 15 is 0 Å². The van der Waals surface area contributed by atoms with E-state index in [4.69, 9.17) is 5.11 Å². The molecule has 0 radical (unpaired) electrons. The summed E-state index contributed by atoms with van der Waals surface area (Å²) in [6.07, 6.45) is 2.84. The Morgan fingerprint density at radius 2 is 2.24 bits per heavy atom. The van der Waals surface area contributed by atoms with E-state index in [0.717, 1.165) is 9.35 Å². The summed E-state index contributed by atoms with van der Waals surface area (Å²) in [5.74, 6) is -1.07. The molecule has 0 aliphatic heterocycles. The summed E-state index contributed by atoms with van der Waals surface area (Å²) in [7, 11) is 0. The highest BCUT2D eigenvalue weighted by Gasteiger charge is 2.07. The summed E-state index contributed by atoms with van der Waals surface area (Å²) in [5.41, 5.74) is -0.0120. The van der Waals surface area contributed by atoms with Crippen LogP contribution in [0.3, 0.4) is 0 Å². The maximum absolute atomic E-state index is 11.6. The minimum Gasteiger partial charge on any atom is -0.476 e. The molecule has 0 atom stereocenters. The fraction of sp³-hybridized carbons (Fsp3) is 0.250. The Morgan fingerprint density at radius 3 is 2.86 bits per heavy atom. The Labute approximate surface area is 133 Å². The number of amides is 2. The molecule has 0 fully saturated rings. The number of nitrogens with zero attached hydrogens (tertiary/aromatic N) is 2. The molecule has 3 N–H and O–H groups in total. The van der Waals surface area contributed by atoms with Gasteiger partial charge >= 0.3 is 12.0 Å². The molecule has 112 valence electrons. The summed E-state index contributed by atoms with van der Waals surface area (Å²) in [6, 6.07) is 1.66. The minimum atomic E-state index is -1.07. The highest BCUT2D eigenvalue weighted by molar-refractivity contribution is 9.10. The Balaban J connectivity index is 1.69. The number of carboxylic acid groups (broad SMARTS) is 1. The van der Waals surface area contributed by atoms with Crippen LogP contribution >= 0.6 is 27.3 Å². The molecule has 2 heterocycles. The third kappa shape index (κ3) is 4.57. The largest absolute Gasteiger partial charge is 0.476 e. The first-order valence-corrected chi connectivity index (χ1v) is 7.72. The molecule has 0 aromatic carbocycles. The second kappa shape index (κ2) is 7.23. The van der Waals surface area contributed by atoms with Crippen LogP contribution in [0.5, 0.6) is 0 Å². The van der Waals surface area contributed by atoms with Gasteiger partial charge in [-0.1, -0.05) is 0 Å². The number of carbonyl (C=O) groups is 2. The third-order valence-corrected chi connectivity index (χ3v) is 4.53. The van der Waals surface area contributed by atoms with Crippen molar-refractivity contribution in [1.29, 1.82) is 0 Å². The number of hydrogen-bond donors (Lipinski definition) is 3. The molecule has 2 aromatic heterocycles. The minimum absolute atomic E-state index is 0.0120. The predicted octanol–water partition coefficient (Wildman–Crippen LogP) is 1.90. The smallest absolute Gasteiger partial charge is 0.356 e. The molecule has 9 heteroatoms. The van der Waals surface area contributed by atoms with Crippen molar-refractivity contribution in [2.24, 2.45) is 0 Å². The van der Waals surface area contributed by atoms with E-state index in [1.54, 1.807) is 15.9 Å². The van der Waals surface area contributed by atoms with Gasteiger partial charge in [0.2, 0.25) is 0 Å². The monoisotopic (exact) mass is 372 g/mol. The van der Waals surface area contributed by atoms with Crippen molar-refractivity contribution in [1.82, 2.24) is 20.2 Å². The van der Waals surface area contributed by atoms with E-state index in [1.165, 1.54) is 12.5 Å². The van der Waals surface area contributed by atoms with Gasteiger partial charge in [0.1, 0.15) is 0 Å². The molecule has 0 aliphatic rings. The lowest BCUT2D eigenvalue weighted by Gasteiger charge is -2.07. The van der Waals surface area contributed by atoms with Crippen molar-refractivity contribution < 1.29 is 14.7 Å². The van der Waals surface area contributed by atoms with Crippen LogP contribution < -0.4 is 10.6 Å². The lowest BCUT2D eigenvalue weighted by molar-refractivity contribution is 0.0691. The van der Waals surface area contributed by atoms with Gasteiger partial charge in [0, 0.05) is 28.6 Å². The highest BCUT2D eigenvalue weighted by Crippen LogP contribution is 2.21. The second-order valence-corrected chi connectivity index (χ2v) is 5.96. The Hall–Kier alpha value is -1.87. The van der Waals surface area contributed by atoms with Crippen molar-refractivity contribution in [3.05, 3.63) is 39.0 Å². The van der Waals surface area contributed by atoms with Crippen LogP contribution in [0, 0.1) is 0 Å². The first-order chi connectivity index (χ1) is 10.1. The summed E-state index contributed by atoms with van der Waals surface area (Å²) < 4.78 is 2.59. The number of thiophene rings is 1. The zero-order valence-electron chi connectivity index (χ0n) is 10.9. The fourth-order valence-corrected chi connectivity index (χ4v) is 3.00. The van der Waals surface area contributed by atoms with Crippen LogP contribution in [0.25, 0.3) is 0 Å². The SMILES string of the molecule is O=C(NCCn1cnc(C(=O)O)c1)NCc1sccc1Br. The normalized spacial score (nSPS) is 10.3. The standard InChI is InChI=1S/C12H13BrN4O3S/c13-8-1-4-21-10(8)5-15-12(20)14-2-3-17-6-9(11(18)19)16-7-17/h1,4,6-7H,2-3,5H2,(H,18,19)(H2,14,15,20). The molecule has 2 aromatic rings. The number of rotatable bonds is 6. The number of carboxylic acids is 1. The van der Waals surface area contributed by atoms with E-state index < -0.39 is 5.97 Å². The van der Waals surface area contributed by atoms with Gasteiger partial charge in [0.05, 0.1) is 12.9 Å². The highest BCUT2D eigenvalue weighted by atomic mass is 79.9. The van der Waals surface area contributed by atoms with Crippen LogP contribution in [0.15, 0.2) is 28.4 Å². The number of nitrogens with one attached hydrogen (secondary N) is 2. The maximum Gasteiger partial charge on any atom is 0.356 e. The topological polar surface area (TPSA) is 96.2 Å². The number of aromatic nitrogens is 2. The maximum atomic E-state index is 11.6. The molecule has 7 nitrogen and oxygen atoms in total. The first-order valence-electron chi connectivity index (χ1n) is 6.05. The number of halogens is 1. The lowest BCUT2D eigenvalue weighted by Crippen LogP contribution is -2.36. The summed E-state index contributed by atoms with van der Waals surface area (Å²) in [5, 5.41) is 16.1. The van der Waals surface area contributed by atoms with Crippen LogP contribution in [0.1, 0.15) is 15.4 Å². The van der Waals surface area contributed by atoms with Gasteiger partial charge in [-0.05, 0) is 27.4 Å². The molecule has 0 unspecified atom stereocenters. The first kappa shape index (κ1) is 15.5. The van der Waals surface area contributed by atoms with E-state index in [-0.39, 0.29) is 11.7 Å². The van der Waals surface area contributed by atoms with E-state index in [0.29, 0.717) is 19.6 Å². The van der Waals surface area contributed by atoms with Gasteiger partial charge in [0.15, 0.2) is 5.69 Å². The molecule has 0 spiro atoms. The second-order valence-electron chi connectivity index (χ2n) is 4.10. The van der Waals surface area contributed by atoms with E-state index in [9.17, 15) is 9.59 Å². The van der Waals surface area contributed by atoms with Crippen LogP contribution in [0.4, 0.5) is 4.79 Å². The molecular weight excluding hydrogens is 360 g/mol. The average molecular weight is 373 g/mol. The summed E-state index contributed by atoms with van der Waals surface area (Å²) in [4.78, 5) is 27.0. The van der Waals surface area contributed by atoms with Crippen molar-refractivity contribution in [2.75, 3.05) is 6.54 Å². The number of carbonyl (C=O) groups excluding carboxylic acids is 1. The third-order valence-electron chi connectivity index (χ3n) is 2.61. The van der Waals surface area contributed by atoms with Crippen LogP contribution in [-0.2, 0) is 13.1 Å². The molecular formula is C12H13BrN4O3S. The Bertz CT molecular complexity index is 640. The number of aromatic carboxylic acids is 1. The molecule has 2 amide bonds. The number of urea groups is 1. The molecule has 0 saturated carbocycles. The van der Waals surface area contributed by atoms with Crippen molar-refractivity contribution in [3.63, 3.8) is 0 Å². The van der Waals surface area contributed by atoms with Gasteiger partial charge in [0.25, 0.3) is 0 Å². The summed E-state index contributed by atoms with van der Waals surface area (Å²) >= 11 is 4.95. The Kier molecular flexibility index (Phi) is 5.34.